The lowest BCUT2D eigenvalue weighted by Gasteiger charge is -2.08. The summed E-state index contributed by atoms with van der Waals surface area (Å²) in [6, 6.07) is 10.8. The molecule has 0 aliphatic rings. The molecule has 2 aromatic rings. The van der Waals surface area contributed by atoms with Crippen LogP contribution in [-0.2, 0) is 4.79 Å². The molecule has 0 aliphatic carbocycles. The largest absolute Gasteiger partial charge is 0.325 e. The van der Waals surface area contributed by atoms with Crippen LogP contribution in [0.15, 0.2) is 39.8 Å². The Morgan fingerprint density at radius 1 is 1.33 bits per heavy atom. The van der Waals surface area contributed by atoms with E-state index in [0.717, 1.165) is 4.47 Å². The van der Waals surface area contributed by atoms with Crippen LogP contribution >= 0.6 is 27.7 Å². The van der Waals surface area contributed by atoms with Gasteiger partial charge in [-0.25, -0.2) is 4.98 Å². The van der Waals surface area contributed by atoms with Gasteiger partial charge >= 0.3 is 0 Å². The molecule has 7 heteroatoms. The van der Waals surface area contributed by atoms with Crippen molar-refractivity contribution < 1.29 is 9.59 Å². The highest BCUT2D eigenvalue weighted by Gasteiger charge is 2.14. The van der Waals surface area contributed by atoms with E-state index in [4.69, 9.17) is 0 Å². The molecule has 0 atom stereocenters. The number of halogens is 1. The molecular formula is C17H14BrN3O2S. The predicted octanol–water partition coefficient (Wildman–Crippen LogP) is 3.96. The number of nitrogens with one attached hydrogen (secondary N) is 1. The molecule has 0 saturated heterocycles. The molecule has 1 heterocycles. The molecule has 0 unspecified atom stereocenters. The topological polar surface area (TPSA) is 82.8 Å². The fraction of sp³-hybridized carbons (Fsp3) is 0.176. The number of nitrogens with zero attached hydrogens (tertiary/aromatic N) is 2. The number of carbonyl (C=O) groups excluding carboxylic acids is 2. The van der Waals surface area contributed by atoms with Crippen LogP contribution in [0, 0.1) is 18.3 Å². The minimum Gasteiger partial charge on any atom is -0.325 e. The van der Waals surface area contributed by atoms with E-state index < -0.39 is 0 Å². The van der Waals surface area contributed by atoms with Gasteiger partial charge in [-0.05, 0) is 44.2 Å². The number of Topliss-reactive ketones (excluding diaryl/α,β-unsaturated/α-hetero) is 1. The molecular weight excluding hydrogens is 390 g/mol. The van der Waals surface area contributed by atoms with Crippen LogP contribution in [0.4, 0.5) is 5.69 Å². The first-order chi connectivity index (χ1) is 11.4. The standard InChI is InChI=1S/C17H14BrN3O2S/c1-10-15(11(2)22)7-12(8-19)17(20-10)24-9-16(23)21-14-5-3-13(18)4-6-14/h3-7H,9H2,1-2H3,(H,21,23). The second-order valence-electron chi connectivity index (χ2n) is 4.99. The number of pyridine rings is 1. The molecule has 1 N–H and O–H groups in total. The number of anilines is 1. The Kier molecular flexibility index (Phi) is 6.12. The zero-order chi connectivity index (χ0) is 17.7. The van der Waals surface area contributed by atoms with Gasteiger partial charge in [0, 0.05) is 21.4 Å². The first-order valence-electron chi connectivity index (χ1n) is 7.01. The molecule has 1 aromatic carbocycles. The summed E-state index contributed by atoms with van der Waals surface area (Å²) < 4.78 is 0.929. The molecule has 1 aromatic heterocycles. The normalized spacial score (nSPS) is 10.1. The monoisotopic (exact) mass is 403 g/mol. The number of hydrogen-bond donors (Lipinski definition) is 1. The molecule has 0 saturated carbocycles. The van der Waals surface area contributed by atoms with Crippen molar-refractivity contribution in [2.24, 2.45) is 0 Å². The summed E-state index contributed by atoms with van der Waals surface area (Å²) in [6.07, 6.45) is 0. The number of rotatable bonds is 5. The minimum atomic E-state index is -0.193. The van der Waals surface area contributed by atoms with E-state index >= 15 is 0 Å². The van der Waals surface area contributed by atoms with Gasteiger partial charge in [-0.3, -0.25) is 9.59 Å². The van der Waals surface area contributed by atoms with Gasteiger partial charge in [0.2, 0.25) is 5.91 Å². The number of nitriles is 1. The van der Waals surface area contributed by atoms with Gasteiger partial charge in [-0.15, -0.1) is 0 Å². The number of thioether (sulfide) groups is 1. The van der Waals surface area contributed by atoms with E-state index in [1.165, 1.54) is 24.8 Å². The Labute approximate surface area is 152 Å². The second kappa shape index (κ2) is 8.08. The number of amides is 1. The lowest BCUT2D eigenvalue weighted by molar-refractivity contribution is -0.113. The fourth-order valence-corrected chi connectivity index (χ4v) is 3.06. The number of aromatic nitrogens is 1. The van der Waals surface area contributed by atoms with Crippen molar-refractivity contribution in [1.29, 1.82) is 5.26 Å². The van der Waals surface area contributed by atoms with Gasteiger partial charge in [0.15, 0.2) is 5.78 Å². The van der Waals surface area contributed by atoms with E-state index in [2.05, 4.69) is 26.2 Å². The Morgan fingerprint density at radius 3 is 2.58 bits per heavy atom. The highest BCUT2D eigenvalue weighted by molar-refractivity contribution is 9.10. The first kappa shape index (κ1) is 18.2. The third-order valence-corrected chi connectivity index (χ3v) is 4.67. The Morgan fingerprint density at radius 2 is 2.00 bits per heavy atom. The van der Waals surface area contributed by atoms with Crippen LogP contribution in [0.1, 0.15) is 28.5 Å². The summed E-state index contributed by atoms with van der Waals surface area (Å²) in [5.74, 6) is -0.210. The third-order valence-electron chi connectivity index (χ3n) is 3.15. The van der Waals surface area contributed by atoms with Crippen molar-refractivity contribution in [2.45, 2.75) is 18.9 Å². The summed E-state index contributed by atoms with van der Waals surface area (Å²) in [4.78, 5) is 27.8. The maximum Gasteiger partial charge on any atom is 0.234 e. The van der Waals surface area contributed by atoms with E-state index in [1.807, 2.05) is 18.2 Å². The quantitative estimate of drug-likeness (QED) is 0.603. The van der Waals surface area contributed by atoms with Crippen LogP contribution in [-0.4, -0.2) is 22.4 Å². The molecule has 0 spiro atoms. The SMILES string of the molecule is CC(=O)c1cc(C#N)c(SCC(=O)Nc2ccc(Br)cc2)nc1C. The molecule has 122 valence electrons. The fourth-order valence-electron chi connectivity index (χ4n) is 1.99. The zero-order valence-corrected chi connectivity index (χ0v) is 15.5. The maximum atomic E-state index is 12.0. The van der Waals surface area contributed by atoms with E-state index in [-0.39, 0.29) is 17.4 Å². The highest BCUT2D eigenvalue weighted by Crippen LogP contribution is 2.23. The van der Waals surface area contributed by atoms with Crippen molar-refractivity contribution in [3.8, 4) is 6.07 Å². The lowest BCUT2D eigenvalue weighted by Crippen LogP contribution is -2.14. The van der Waals surface area contributed by atoms with Crippen molar-refractivity contribution in [3.63, 3.8) is 0 Å². The van der Waals surface area contributed by atoms with Crippen LogP contribution in [0.2, 0.25) is 0 Å². The van der Waals surface area contributed by atoms with E-state index in [9.17, 15) is 14.9 Å². The minimum absolute atomic E-state index is 0.122. The van der Waals surface area contributed by atoms with E-state index in [0.29, 0.717) is 27.5 Å². The van der Waals surface area contributed by atoms with Crippen molar-refractivity contribution >= 4 is 45.1 Å². The number of ketones is 1. The predicted molar refractivity (Wildman–Crippen MR) is 97.2 cm³/mol. The maximum absolute atomic E-state index is 12.0. The molecule has 0 bridgehead atoms. The molecule has 0 radical (unpaired) electrons. The summed E-state index contributed by atoms with van der Waals surface area (Å²) >= 11 is 4.50. The van der Waals surface area contributed by atoms with Crippen LogP contribution in [0.25, 0.3) is 0 Å². The third kappa shape index (κ3) is 4.66. The number of aryl methyl sites for hydroxylation is 1. The molecule has 2 rings (SSSR count). The highest BCUT2D eigenvalue weighted by atomic mass is 79.9. The smallest absolute Gasteiger partial charge is 0.234 e. The van der Waals surface area contributed by atoms with Gasteiger partial charge in [0.1, 0.15) is 11.1 Å². The lowest BCUT2D eigenvalue weighted by atomic mass is 10.1. The summed E-state index contributed by atoms with van der Waals surface area (Å²) in [5, 5.41) is 12.4. The van der Waals surface area contributed by atoms with Crippen LogP contribution in [0.5, 0.6) is 0 Å². The van der Waals surface area contributed by atoms with Crippen LogP contribution < -0.4 is 5.32 Å². The summed E-state index contributed by atoms with van der Waals surface area (Å²) in [6.45, 7) is 3.15. The van der Waals surface area contributed by atoms with Gasteiger partial charge in [0.25, 0.3) is 0 Å². The molecule has 1 amide bonds. The summed E-state index contributed by atoms with van der Waals surface area (Å²) in [5.41, 5.74) is 1.97. The molecule has 0 fully saturated rings. The molecule has 24 heavy (non-hydrogen) atoms. The average Bonchev–Trinajstić information content (AvgIpc) is 2.54. The average molecular weight is 404 g/mol. The van der Waals surface area contributed by atoms with Gasteiger partial charge in [0.05, 0.1) is 11.3 Å². The molecule has 0 aliphatic heterocycles. The number of hydrogen-bond acceptors (Lipinski definition) is 5. The Bertz CT molecular complexity index is 829. The van der Waals surface area contributed by atoms with Gasteiger partial charge in [-0.2, -0.15) is 5.26 Å². The Hall–Kier alpha value is -2.17. The van der Waals surface area contributed by atoms with Crippen molar-refractivity contribution in [2.75, 3.05) is 11.1 Å². The summed E-state index contributed by atoms with van der Waals surface area (Å²) in [7, 11) is 0. The Balaban J connectivity index is 2.07. The van der Waals surface area contributed by atoms with E-state index in [1.54, 1.807) is 19.1 Å². The zero-order valence-electron chi connectivity index (χ0n) is 13.1. The number of carbonyl (C=O) groups is 2. The van der Waals surface area contributed by atoms with Crippen molar-refractivity contribution in [1.82, 2.24) is 4.98 Å². The van der Waals surface area contributed by atoms with Gasteiger partial charge in [-0.1, -0.05) is 27.7 Å². The second-order valence-corrected chi connectivity index (χ2v) is 6.87. The number of benzene rings is 1. The first-order valence-corrected chi connectivity index (χ1v) is 8.79. The molecule has 5 nitrogen and oxygen atoms in total. The van der Waals surface area contributed by atoms with Crippen molar-refractivity contribution in [3.05, 3.63) is 51.6 Å². The van der Waals surface area contributed by atoms with Gasteiger partial charge < -0.3 is 5.32 Å². The van der Waals surface area contributed by atoms with Crippen LogP contribution in [0.3, 0.4) is 0 Å².